The summed E-state index contributed by atoms with van der Waals surface area (Å²) in [4.78, 5) is 16.0. The molecule has 0 saturated heterocycles. The van der Waals surface area contributed by atoms with Crippen molar-refractivity contribution >= 4 is 17.3 Å². The average molecular weight is 315 g/mol. The van der Waals surface area contributed by atoms with Gasteiger partial charge in [-0.25, -0.2) is 4.98 Å². The zero-order chi connectivity index (χ0) is 16.5. The predicted octanol–water partition coefficient (Wildman–Crippen LogP) is 2.60. The van der Waals surface area contributed by atoms with Crippen LogP contribution in [0.3, 0.4) is 0 Å². The second kappa shape index (κ2) is 8.75. The first-order chi connectivity index (χ1) is 11.2. The summed E-state index contributed by atoms with van der Waals surface area (Å²) in [5.74, 6) is 0.555. The summed E-state index contributed by atoms with van der Waals surface area (Å²) in [5.41, 5.74) is 2.00. The van der Waals surface area contributed by atoms with E-state index >= 15 is 0 Å². The Morgan fingerprint density at radius 1 is 1.22 bits per heavy atom. The molecule has 0 fully saturated rings. The minimum absolute atomic E-state index is 0.219. The molecule has 1 heterocycles. The highest BCUT2D eigenvalue weighted by molar-refractivity contribution is 5.92. The number of para-hydroxylation sites is 2. The maximum atomic E-state index is 11.9. The van der Waals surface area contributed by atoms with E-state index in [2.05, 4.69) is 15.6 Å². The van der Waals surface area contributed by atoms with Crippen LogP contribution in [0.1, 0.15) is 17.4 Å². The summed E-state index contributed by atoms with van der Waals surface area (Å²) >= 11 is 0. The van der Waals surface area contributed by atoms with Gasteiger partial charge in [0.15, 0.2) is 0 Å². The van der Waals surface area contributed by atoms with E-state index < -0.39 is 0 Å². The van der Waals surface area contributed by atoms with E-state index in [0.29, 0.717) is 25.5 Å². The van der Waals surface area contributed by atoms with Crippen molar-refractivity contribution in [1.82, 2.24) is 10.3 Å². The summed E-state index contributed by atoms with van der Waals surface area (Å²) in [6, 6.07) is 11.2. The number of nitrogens with zero attached hydrogens (tertiary/aromatic N) is 1. The summed E-state index contributed by atoms with van der Waals surface area (Å²) in [7, 11) is 1.59. The van der Waals surface area contributed by atoms with Gasteiger partial charge in [0.1, 0.15) is 11.4 Å². The Bertz CT molecular complexity index is 629. The molecule has 6 heteroatoms. The summed E-state index contributed by atoms with van der Waals surface area (Å²) < 4.78 is 10.5. The molecule has 0 radical (unpaired) electrons. The van der Waals surface area contributed by atoms with Gasteiger partial charge in [-0.15, -0.1) is 0 Å². The van der Waals surface area contributed by atoms with Crippen molar-refractivity contribution in [3.05, 3.63) is 48.3 Å². The molecule has 0 bridgehead atoms. The van der Waals surface area contributed by atoms with Gasteiger partial charge in [0.2, 0.25) is 0 Å². The highest BCUT2D eigenvalue weighted by atomic mass is 16.5. The Balaban J connectivity index is 2.01. The molecule has 0 aliphatic carbocycles. The minimum atomic E-state index is -0.219. The number of aromatic nitrogens is 1. The number of carbonyl (C=O) groups is 1. The molecule has 0 atom stereocenters. The van der Waals surface area contributed by atoms with Crippen molar-refractivity contribution in [3.63, 3.8) is 0 Å². The van der Waals surface area contributed by atoms with Crippen LogP contribution < -0.4 is 15.4 Å². The summed E-state index contributed by atoms with van der Waals surface area (Å²) in [6.45, 7) is 3.46. The van der Waals surface area contributed by atoms with Gasteiger partial charge in [-0.05, 0) is 31.2 Å². The van der Waals surface area contributed by atoms with E-state index in [-0.39, 0.29) is 5.91 Å². The van der Waals surface area contributed by atoms with E-state index in [4.69, 9.17) is 9.47 Å². The number of hydrogen-bond donors (Lipinski definition) is 2. The number of rotatable bonds is 8. The number of anilines is 2. The van der Waals surface area contributed by atoms with Gasteiger partial charge in [-0.3, -0.25) is 4.79 Å². The first-order valence-corrected chi connectivity index (χ1v) is 7.46. The first kappa shape index (κ1) is 16.8. The topological polar surface area (TPSA) is 72.5 Å². The summed E-state index contributed by atoms with van der Waals surface area (Å²) in [5, 5.41) is 5.96. The molecular formula is C17H21N3O3. The Hall–Kier alpha value is -2.60. The molecule has 2 aromatic rings. The molecule has 0 saturated carbocycles. The monoisotopic (exact) mass is 315 g/mol. The van der Waals surface area contributed by atoms with E-state index in [1.54, 1.807) is 25.4 Å². The van der Waals surface area contributed by atoms with Gasteiger partial charge in [-0.1, -0.05) is 12.1 Å². The number of carbonyl (C=O) groups excluding carboxylic acids is 1. The molecular weight excluding hydrogens is 294 g/mol. The number of benzene rings is 1. The van der Waals surface area contributed by atoms with Crippen LogP contribution in [0.2, 0.25) is 0 Å². The molecule has 122 valence electrons. The zero-order valence-electron chi connectivity index (χ0n) is 13.3. The smallest absolute Gasteiger partial charge is 0.269 e. The van der Waals surface area contributed by atoms with Gasteiger partial charge in [0, 0.05) is 13.7 Å². The fraction of sp³-hybridized carbons (Fsp3) is 0.294. The second-order valence-corrected chi connectivity index (χ2v) is 4.73. The van der Waals surface area contributed by atoms with Crippen LogP contribution in [0, 0.1) is 0 Å². The van der Waals surface area contributed by atoms with Crippen LogP contribution in [0.15, 0.2) is 42.6 Å². The normalized spacial score (nSPS) is 10.2. The number of pyridine rings is 1. The zero-order valence-corrected chi connectivity index (χ0v) is 13.3. The number of ether oxygens (including phenoxy) is 2. The lowest BCUT2D eigenvalue weighted by Gasteiger charge is -2.12. The lowest BCUT2D eigenvalue weighted by Crippen LogP contribution is -2.27. The van der Waals surface area contributed by atoms with Crippen LogP contribution in [0.25, 0.3) is 0 Å². The fourth-order valence-corrected chi connectivity index (χ4v) is 1.97. The predicted molar refractivity (Wildman–Crippen MR) is 89.3 cm³/mol. The largest absolute Gasteiger partial charge is 0.492 e. The third-order valence-corrected chi connectivity index (χ3v) is 3.05. The van der Waals surface area contributed by atoms with Crippen molar-refractivity contribution in [2.24, 2.45) is 0 Å². The van der Waals surface area contributed by atoms with Crippen LogP contribution in [0.4, 0.5) is 11.4 Å². The highest BCUT2D eigenvalue weighted by Gasteiger charge is 2.07. The van der Waals surface area contributed by atoms with Gasteiger partial charge in [0.05, 0.1) is 30.8 Å². The van der Waals surface area contributed by atoms with Crippen molar-refractivity contribution in [1.29, 1.82) is 0 Å². The van der Waals surface area contributed by atoms with E-state index in [0.717, 1.165) is 17.1 Å². The van der Waals surface area contributed by atoms with Crippen molar-refractivity contribution in [2.45, 2.75) is 6.92 Å². The number of methoxy groups -OCH3 is 1. The van der Waals surface area contributed by atoms with Crippen molar-refractivity contribution in [2.75, 3.05) is 32.2 Å². The number of hydrogen-bond acceptors (Lipinski definition) is 5. The molecule has 1 aromatic carbocycles. The SMILES string of the molecule is CCOc1ccccc1Nc1ccc(C(=O)NCCOC)nc1. The maximum Gasteiger partial charge on any atom is 0.269 e. The molecule has 23 heavy (non-hydrogen) atoms. The van der Waals surface area contributed by atoms with Gasteiger partial charge < -0.3 is 20.1 Å². The van der Waals surface area contributed by atoms with Gasteiger partial charge in [-0.2, -0.15) is 0 Å². The highest BCUT2D eigenvalue weighted by Crippen LogP contribution is 2.27. The van der Waals surface area contributed by atoms with Crippen LogP contribution >= 0.6 is 0 Å². The second-order valence-electron chi connectivity index (χ2n) is 4.73. The Labute approximate surface area is 135 Å². The lowest BCUT2D eigenvalue weighted by molar-refractivity contribution is 0.0932. The van der Waals surface area contributed by atoms with Crippen molar-refractivity contribution in [3.8, 4) is 5.75 Å². The lowest BCUT2D eigenvalue weighted by atomic mass is 10.2. The standard InChI is InChI=1S/C17H21N3O3/c1-3-23-16-7-5-4-6-14(16)20-13-8-9-15(19-12-13)17(21)18-10-11-22-2/h4-9,12,20H,3,10-11H2,1-2H3,(H,18,21). The molecule has 1 amide bonds. The molecule has 2 rings (SSSR count). The molecule has 6 nitrogen and oxygen atoms in total. The molecule has 0 spiro atoms. The molecule has 1 aromatic heterocycles. The molecule has 0 unspecified atom stereocenters. The van der Waals surface area contributed by atoms with Crippen LogP contribution in [-0.2, 0) is 4.74 Å². The Morgan fingerprint density at radius 2 is 2.04 bits per heavy atom. The third kappa shape index (κ3) is 4.96. The molecule has 0 aliphatic rings. The maximum absolute atomic E-state index is 11.9. The van der Waals surface area contributed by atoms with Gasteiger partial charge in [0.25, 0.3) is 5.91 Å². The Kier molecular flexibility index (Phi) is 6.38. The minimum Gasteiger partial charge on any atom is -0.492 e. The average Bonchev–Trinajstić information content (AvgIpc) is 2.58. The quantitative estimate of drug-likeness (QED) is 0.733. The first-order valence-electron chi connectivity index (χ1n) is 7.46. The van der Waals surface area contributed by atoms with Crippen LogP contribution in [0.5, 0.6) is 5.75 Å². The van der Waals surface area contributed by atoms with E-state index in [1.165, 1.54) is 0 Å². The number of amides is 1. The van der Waals surface area contributed by atoms with Crippen molar-refractivity contribution < 1.29 is 14.3 Å². The van der Waals surface area contributed by atoms with E-state index in [9.17, 15) is 4.79 Å². The molecule has 0 aliphatic heterocycles. The third-order valence-electron chi connectivity index (χ3n) is 3.05. The number of nitrogens with one attached hydrogen (secondary N) is 2. The fourth-order valence-electron chi connectivity index (χ4n) is 1.97. The summed E-state index contributed by atoms with van der Waals surface area (Å²) in [6.07, 6.45) is 1.62. The van der Waals surface area contributed by atoms with E-state index in [1.807, 2.05) is 31.2 Å². The Morgan fingerprint density at radius 3 is 2.74 bits per heavy atom. The van der Waals surface area contributed by atoms with Gasteiger partial charge >= 0.3 is 0 Å². The van der Waals surface area contributed by atoms with Crippen LogP contribution in [-0.4, -0.2) is 37.8 Å². The molecule has 2 N–H and O–H groups in total.